The number of hydrogen-bond donors (Lipinski definition) is 6. The van der Waals surface area contributed by atoms with Crippen LogP contribution in [0.4, 0.5) is 17.3 Å². The lowest BCUT2D eigenvalue weighted by atomic mass is 10.2. The minimum absolute atomic E-state index is 0.0624. The fourth-order valence-electron chi connectivity index (χ4n) is 3.71. The van der Waals surface area contributed by atoms with E-state index in [1.807, 2.05) is 12.1 Å². The molecule has 0 aromatic carbocycles. The molecule has 2 saturated carbocycles. The number of nitrogens with zero attached hydrogens (tertiary/aromatic N) is 3. The fraction of sp³-hybridized carbons (Fsp3) is 0.579. The van der Waals surface area contributed by atoms with E-state index in [4.69, 9.17) is 17.1 Å². The highest BCUT2D eigenvalue weighted by atomic mass is 35.5. The zero-order valence-electron chi connectivity index (χ0n) is 16.8. The highest BCUT2D eigenvalue weighted by molar-refractivity contribution is 7.99. The summed E-state index contributed by atoms with van der Waals surface area (Å²) >= 11 is 9.10. The maximum Gasteiger partial charge on any atom is 0.191 e. The van der Waals surface area contributed by atoms with Gasteiger partial charge in [0.05, 0.1) is 22.6 Å². The number of aliphatic hydroxyl groups is 3. The molecular weight excluding hydrogens is 460 g/mol. The molecule has 31 heavy (non-hydrogen) atoms. The van der Waals surface area contributed by atoms with Crippen molar-refractivity contribution in [1.29, 1.82) is 5.53 Å². The van der Waals surface area contributed by atoms with E-state index in [0.29, 0.717) is 16.9 Å². The molecule has 2 aromatic heterocycles. The Morgan fingerprint density at radius 1 is 1.19 bits per heavy atom. The topological polar surface area (TPSA) is 147 Å². The Kier molecular flexibility index (Phi) is 6.99. The van der Waals surface area contributed by atoms with Crippen LogP contribution in [0.25, 0.3) is 0 Å². The number of thiophene rings is 1. The molecule has 6 N–H and O–H groups in total. The van der Waals surface area contributed by atoms with Crippen LogP contribution in [0.15, 0.2) is 22.4 Å². The van der Waals surface area contributed by atoms with Crippen molar-refractivity contribution in [2.75, 3.05) is 16.4 Å². The second-order valence-electron chi connectivity index (χ2n) is 7.78. The molecule has 4 rings (SSSR count). The van der Waals surface area contributed by atoms with Crippen molar-refractivity contribution >= 4 is 52.0 Å². The average molecular weight is 485 g/mol. The van der Waals surface area contributed by atoms with Crippen LogP contribution in [0.5, 0.6) is 0 Å². The second kappa shape index (κ2) is 9.55. The maximum absolute atomic E-state index is 10.2. The minimum Gasteiger partial charge on any atom is -0.391 e. The van der Waals surface area contributed by atoms with Crippen molar-refractivity contribution in [1.82, 2.24) is 9.97 Å². The van der Waals surface area contributed by atoms with Gasteiger partial charge in [-0.3, -0.25) is 0 Å². The van der Waals surface area contributed by atoms with E-state index in [-0.39, 0.29) is 24.0 Å². The molecule has 2 aliphatic carbocycles. The Labute approximate surface area is 193 Å². The van der Waals surface area contributed by atoms with Gasteiger partial charge in [-0.05, 0) is 25.0 Å². The van der Waals surface area contributed by atoms with Gasteiger partial charge in [-0.25, -0.2) is 15.5 Å². The van der Waals surface area contributed by atoms with Crippen LogP contribution in [-0.4, -0.2) is 61.4 Å². The Morgan fingerprint density at radius 2 is 1.94 bits per heavy atom. The standard InChI is InChI=1S/C19H25ClN6O3S2/c1-2-5-30-19-24-17(22-9-6-8(9)12-3-4-13(20)31-12)15(26-21)18(25-19)23-14-10(27)7-11(28)16(14)29/h3-4,8-11,14,16,21,27-29H,2,5-7H2,1H3,(H2,22,23,24,25)/t8-,9-,10-,11-,14+,16-/m1/s1. The average Bonchev–Trinajstić information content (AvgIpc) is 3.30. The molecule has 0 radical (unpaired) electrons. The van der Waals surface area contributed by atoms with Gasteiger partial charge >= 0.3 is 0 Å². The van der Waals surface area contributed by atoms with E-state index in [0.717, 1.165) is 22.9 Å². The first-order valence-electron chi connectivity index (χ1n) is 10.2. The first-order chi connectivity index (χ1) is 14.9. The number of thioether (sulfide) groups is 1. The molecule has 168 valence electrons. The summed E-state index contributed by atoms with van der Waals surface area (Å²) in [6.07, 6.45) is -1.19. The van der Waals surface area contributed by atoms with Gasteiger partial charge in [0.1, 0.15) is 6.10 Å². The summed E-state index contributed by atoms with van der Waals surface area (Å²) in [5.74, 6) is 1.83. The molecule has 2 aromatic rings. The monoisotopic (exact) mass is 484 g/mol. The molecule has 6 atom stereocenters. The number of aliphatic hydroxyl groups excluding tert-OH is 3. The van der Waals surface area contributed by atoms with E-state index in [9.17, 15) is 15.3 Å². The largest absolute Gasteiger partial charge is 0.391 e. The molecule has 0 saturated heterocycles. The van der Waals surface area contributed by atoms with Crippen LogP contribution in [0.3, 0.4) is 0 Å². The first kappa shape index (κ1) is 22.7. The Morgan fingerprint density at radius 3 is 2.52 bits per heavy atom. The molecule has 9 nitrogen and oxygen atoms in total. The number of hydrogen-bond acceptors (Lipinski definition) is 11. The molecule has 2 heterocycles. The Bertz CT molecular complexity index is 947. The van der Waals surface area contributed by atoms with E-state index < -0.39 is 24.4 Å². The maximum atomic E-state index is 10.2. The van der Waals surface area contributed by atoms with Crippen LogP contribution in [0.2, 0.25) is 4.34 Å². The predicted octanol–water partition coefficient (Wildman–Crippen LogP) is 3.59. The van der Waals surface area contributed by atoms with Crippen molar-refractivity contribution in [3.8, 4) is 0 Å². The summed E-state index contributed by atoms with van der Waals surface area (Å²) in [6, 6.07) is 3.25. The second-order valence-corrected chi connectivity index (χ2v) is 10.6. The quantitative estimate of drug-likeness (QED) is 0.180. The van der Waals surface area contributed by atoms with E-state index in [1.165, 1.54) is 16.6 Å². The van der Waals surface area contributed by atoms with Gasteiger partial charge < -0.3 is 26.0 Å². The van der Waals surface area contributed by atoms with Crippen molar-refractivity contribution in [3.05, 3.63) is 21.3 Å². The molecule has 0 spiro atoms. The van der Waals surface area contributed by atoms with Crippen molar-refractivity contribution in [2.24, 2.45) is 5.11 Å². The third-order valence-corrected chi connectivity index (χ3v) is 7.86. The van der Waals surface area contributed by atoms with Gasteiger partial charge in [0.2, 0.25) is 0 Å². The van der Waals surface area contributed by atoms with Gasteiger partial charge in [-0.1, -0.05) is 30.3 Å². The molecule has 2 fully saturated rings. The summed E-state index contributed by atoms with van der Waals surface area (Å²) in [4.78, 5) is 10.2. The lowest BCUT2D eigenvalue weighted by Crippen LogP contribution is -2.39. The summed E-state index contributed by atoms with van der Waals surface area (Å²) in [6.45, 7) is 2.06. The number of halogens is 1. The predicted molar refractivity (Wildman–Crippen MR) is 122 cm³/mol. The number of nitrogens with one attached hydrogen (secondary N) is 3. The smallest absolute Gasteiger partial charge is 0.191 e. The van der Waals surface area contributed by atoms with E-state index in [1.54, 1.807) is 11.3 Å². The van der Waals surface area contributed by atoms with Crippen molar-refractivity contribution in [2.45, 2.75) is 67.7 Å². The Hall–Kier alpha value is -1.50. The summed E-state index contributed by atoms with van der Waals surface area (Å²) in [7, 11) is 0. The lowest BCUT2D eigenvalue weighted by Gasteiger charge is -2.22. The minimum atomic E-state index is -1.15. The summed E-state index contributed by atoms with van der Waals surface area (Å²) < 4.78 is 0.755. The molecular formula is C19H25ClN6O3S2. The summed E-state index contributed by atoms with van der Waals surface area (Å²) in [5.41, 5.74) is 7.90. The molecule has 2 aliphatic rings. The van der Waals surface area contributed by atoms with Gasteiger partial charge in [0.25, 0.3) is 0 Å². The fourth-order valence-corrected chi connectivity index (χ4v) is 5.65. The van der Waals surface area contributed by atoms with Crippen LogP contribution in [-0.2, 0) is 0 Å². The number of rotatable bonds is 9. The van der Waals surface area contributed by atoms with E-state index >= 15 is 0 Å². The van der Waals surface area contributed by atoms with Gasteiger partial charge in [0.15, 0.2) is 22.5 Å². The highest BCUT2D eigenvalue weighted by Crippen LogP contribution is 2.47. The first-order valence-corrected chi connectivity index (χ1v) is 12.3. The zero-order chi connectivity index (χ0) is 22.1. The number of aromatic nitrogens is 2. The zero-order valence-corrected chi connectivity index (χ0v) is 19.2. The van der Waals surface area contributed by atoms with Crippen LogP contribution in [0.1, 0.15) is 37.0 Å². The van der Waals surface area contributed by atoms with Gasteiger partial charge in [-0.15, -0.1) is 11.3 Å². The molecule has 0 bridgehead atoms. The van der Waals surface area contributed by atoms with Crippen LogP contribution >= 0.6 is 34.7 Å². The Balaban J connectivity index is 1.59. The van der Waals surface area contributed by atoms with Gasteiger partial charge in [-0.2, -0.15) is 5.11 Å². The van der Waals surface area contributed by atoms with Gasteiger partial charge in [0, 0.05) is 29.0 Å². The number of anilines is 2. The summed E-state index contributed by atoms with van der Waals surface area (Å²) in [5, 5.41) is 40.8. The van der Waals surface area contributed by atoms with E-state index in [2.05, 4.69) is 32.6 Å². The lowest BCUT2D eigenvalue weighted by molar-refractivity contribution is 0.0388. The highest BCUT2D eigenvalue weighted by Gasteiger charge is 2.42. The van der Waals surface area contributed by atoms with Crippen molar-refractivity contribution < 1.29 is 15.3 Å². The van der Waals surface area contributed by atoms with Crippen molar-refractivity contribution in [3.63, 3.8) is 0 Å². The molecule has 0 amide bonds. The normalized spacial score (nSPS) is 29.7. The molecule has 0 unspecified atom stereocenters. The third-order valence-electron chi connectivity index (χ3n) is 5.45. The SMILES string of the molecule is CCCSc1nc(N[C@@H]2[C@H](O)[C@H](O)C[C@H]2O)c(N=N)c(N[C@@H]2C[C@H]2c2ccc(Cl)s2)n1. The van der Waals surface area contributed by atoms with Crippen LogP contribution < -0.4 is 10.6 Å². The third kappa shape index (κ3) is 4.96. The molecule has 0 aliphatic heterocycles. The van der Waals surface area contributed by atoms with Crippen LogP contribution in [0, 0.1) is 5.53 Å². The molecule has 12 heteroatoms.